The quantitative estimate of drug-likeness (QED) is 0.343. The third kappa shape index (κ3) is 1.83. The topological polar surface area (TPSA) is 146 Å². The monoisotopic (exact) mass is 269 g/mol. The molecule has 2 aliphatic heterocycles. The Kier molecular flexibility index (Phi) is 2.99. The number of anilines is 2. The van der Waals surface area contributed by atoms with Gasteiger partial charge in [0.1, 0.15) is 36.4 Å². The summed E-state index contributed by atoms with van der Waals surface area (Å²) in [6.07, 6.45) is -2.50. The van der Waals surface area contributed by atoms with E-state index in [4.69, 9.17) is 15.6 Å². The summed E-state index contributed by atoms with van der Waals surface area (Å²) in [5.74, 6) is 0.284. The van der Waals surface area contributed by atoms with Crippen molar-refractivity contribution in [2.75, 3.05) is 17.8 Å². The molecule has 0 spiro atoms. The van der Waals surface area contributed by atoms with Crippen LogP contribution in [-0.4, -0.2) is 56.3 Å². The molecule has 0 aliphatic carbocycles. The zero-order chi connectivity index (χ0) is 13.6. The Morgan fingerprint density at radius 2 is 2.11 bits per heavy atom. The predicted molar refractivity (Wildman–Crippen MR) is 63.7 cm³/mol. The van der Waals surface area contributed by atoms with Crippen LogP contribution in [0.3, 0.4) is 0 Å². The number of rotatable bonds is 2. The molecule has 9 nitrogen and oxygen atoms in total. The zero-order valence-corrected chi connectivity index (χ0v) is 9.89. The van der Waals surface area contributed by atoms with Gasteiger partial charge in [0, 0.05) is 0 Å². The van der Waals surface area contributed by atoms with E-state index in [0.717, 1.165) is 0 Å². The number of nitrogens with zero attached hydrogens (tertiary/aromatic N) is 2. The van der Waals surface area contributed by atoms with E-state index in [9.17, 15) is 10.2 Å². The highest BCUT2D eigenvalue weighted by Crippen LogP contribution is 2.37. The predicted octanol–water partition coefficient (Wildman–Crippen LogP) is -2.49. The van der Waals surface area contributed by atoms with Crippen LogP contribution < -0.4 is 16.6 Å². The highest BCUT2D eigenvalue weighted by Gasteiger charge is 2.48. The van der Waals surface area contributed by atoms with Gasteiger partial charge < -0.3 is 31.2 Å². The SMILES string of the molecule is Nc1ncnc2c1NNC2[C@H]1O[C@@H](CO)[C@H](O)[C@@H]1O. The highest BCUT2D eigenvalue weighted by atomic mass is 16.6. The van der Waals surface area contributed by atoms with Crippen molar-refractivity contribution in [1.29, 1.82) is 0 Å². The number of ether oxygens (including phenoxy) is 1. The Morgan fingerprint density at radius 1 is 1.32 bits per heavy atom. The number of aromatic nitrogens is 2. The number of aliphatic hydroxyl groups is 3. The smallest absolute Gasteiger partial charge is 0.151 e. The fourth-order valence-electron chi connectivity index (χ4n) is 2.44. The average molecular weight is 269 g/mol. The molecule has 1 unspecified atom stereocenters. The lowest BCUT2D eigenvalue weighted by atomic mass is 10.0. The maximum absolute atomic E-state index is 9.99. The molecule has 104 valence electrons. The summed E-state index contributed by atoms with van der Waals surface area (Å²) in [5, 5.41) is 28.8. The van der Waals surface area contributed by atoms with Gasteiger partial charge in [-0.3, -0.25) is 0 Å². The van der Waals surface area contributed by atoms with Crippen LogP contribution in [0.2, 0.25) is 0 Å². The van der Waals surface area contributed by atoms with Crippen LogP contribution in [0.25, 0.3) is 0 Å². The Morgan fingerprint density at radius 3 is 2.79 bits per heavy atom. The second-order valence-electron chi connectivity index (χ2n) is 4.57. The van der Waals surface area contributed by atoms with Gasteiger partial charge in [0.05, 0.1) is 18.3 Å². The second kappa shape index (κ2) is 4.54. The lowest BCUT2D eigenvalue weighted by Crippen LogP contribution is -2.39. The number of hydrogen-bond acceptors (Lipinski definition) is 9. The van der Waals surface area contributed by atoms with Crippen LogP contribution in [0.4, 0.5) is 11.5 Å². The summed E-state index contributed by atoms with van der Waals surface area (Å²) in [7, 11) is 0. The minimum Gasteiger partial charge on any atom is -0.394 e. The van der Waals surface area contributed by atoms with Gasteiger partial charge >= 0.3 is 0 Å². The molecule has 0 amide bonds. The number of nitrogen functional groups attached to an aromatic ring is 1. The van der Waals surface area contributed by atoms with Crippen molar-refractivity contribution in [3.63, 3.8) is 0 Å². The van der Waals surface area contributed by atoms with E-state index in [1.54, 1.807) is 0 Å². The van der Waals surface area contributed by atoms with E-state index in [1.165, 1.54) is 6.33 Å². The molecule has 1 aromatic rings. The van der Waals surface area contributed by atoms with Crippen molar-refractivity contribution in [3.05, 3.63) is 12.0 Å². The largest absolute Gasteiger partial charge is 0.394 e. The van der Waals surface area contributed by atoms with E-state index in [0.29, 0.717) is 11.4 Å². The molecule has 1 saturated heterocycles. The van der Waals surface area contributed by atoms with E-state index in [-0.39, 0.29) is 12.4 Å². The van der Waals surface area contributed by atoms with Crippen molar-refractivity contribution >= 4 is 11.5 Å². The number of hydrogen-bond donors (Lipinski definition) is 6. The summed E-state index contributed by atoms with van der Waals surface area (Å²) in [6, 6.07) is -0.485. The number of aliphatic hydroxyl groups excluding tert-OH is 3. The van der Waals surface area contributed by atoms with Gasteiger partial charge in [-0.2, -0.15) is 0 Å². The van der Waals surface area contributed by atoms with Crippen molar-refractivity contribution in [3.8, 4) is 0 Å². The lowest BCUT2D eigenvalue weighted by Gasteiger charge is -2.21. The molecule has 0 bridgehead atoms. The Hall–Kier alpha value is -1.52. The standard InChI is InChI=1S/C10H15N5O4/c11-10-6-4(12-2-13-10)5(14-15-6)9-8(18)7(17)3(1-16)19-9/h2-3,5,7-9,14-18H,1H2,(H2,11,12,13)/t3-,5?,7-,8-,9+/m0/s1. The zero-order valence-electron chi connectivity index (χ0n) is 9.89. The molecule has 2 aliphatic rings. The first-order valence-corrected chi connectivity index (χ1v) is 5.88. The third-order valence-electron chi connectivity index (χ3n) is 3.46. The molecule has 0 aromatic carbocycles. The van der Waals surface area contributed by atoms with Gasteiger partial charge in [-0.15, -0.1) is 0 Å². The molecule has 19 heavy (non-hydrogen) atoms. The molecule has 3 heterocycles. The number of nitrogens with two attached hydrogens (primary N) is 1. The molecule has 9 heteroatoms. The summed E-state index contributed by atoms with van der Waals surface area (Å²) >= 11 is 0. The number of hydrazine groups is 1. The van der Waals surface area contributed by atoms with Gasteiger partial charge in [0.25, 0.3) is 0 Å². The maximum Gasteiger partial charge on any atom is 0.151 e. The van der Waals surface area contributed by atoms with E-state index < -0.39 is 30.5 Å². The molecular weight excluding hydrogens is 254 g/mol. The molecule has 5 atom stereocenters. The van der Waals surface area contributed by atoms with E-state index in [2.05, 4.69) is 20.8 Å². The average Bonchev–Trinajstić information content (AvgIpc) is 2.94. The van der Waals surface area contributed by atoms with E-state index >= 15 is 0 Å². The van der Waals surface area contributed by atoms with Crippen LogP contribution in [0.1, 0.15) is 11.7 Å². The van der Waals surface area contributed by atoms with Crippen molar-refractivity contribution in [2.45, 2.75) is 30.5 Å². The Bertz CT molecular complexity index is 487. The second-order valence-corrected chi connectivity index (χ2v) is 4.57. The van der Waals surface area contributed by atoms with Crippen molar-refractivity contribution in [2.24, 2.45) is 0 Å². The first-order valence-electron chi connectivity index (χ1n) is 5.88. The Labute approximate surface area is 108 Å². The summed E-state index contributed by atoms with van der Waals surface area (Å²) < 4.78 is 5.46. The van der Waals surface area contributed by atoms with Crippen LogP contribution in [0, 0.1) is 0 Å². The summed E-state index contributed by atoms with van der Waals surface area (Å²) in [6.45, 7) is -0.367. The van der Waals surface area contributed by atoms with Crippen molar-refractivity contribution < 1.29 is 20.1 Å². The fourth-order valence-corrected chi connectivity index (χ4v) is 2.44. The van der Waals surface area contributed by atoms with Crippen LogP contribution in [-0.2, 0) is 4.74 Å². The van der Waals surface area contributed by atoms with Crippen LogP contribution >= 0.6 is 0 Å². The molecule has 7 N–H and O–H groups in total. The third-order valence-corrected chi connectivity index (χ3v) is 3.46. The Balaban J connectivity index is 1.88. The fraction of sp³-hybridized carbons (Fsp3) is 0.600. The van der Waals surface area contributed by atoms with Gasteiger partial charge in [-0.1, -0.05) is 0 Å². The molecule has 0 saturated carbocycles. The van der Waals surface area contributed by atoms with Crippen LogP contribution in [0.15, 0.2) is 6.33 Å². The normalized spacial score (nSPS) is 37.1. The van der Waals surface area contributed by atoms with Crippen LogP contribution in [0.5, 0.6) is 0 Å². The van der Waals surface area contributed by atoms with Crippen molar-refractivity contribution in [1.82, 2.24) is 15.4 Å². The molecular formula is C10H15N5O4. The highest BCUT2D eigenvalue weighted by molar-refractivity contribution is 5.67. The first-order chi connectivity index (χ1) is 9.13. The molecule has 1 fully saturated rings. The maximum atomic E-state index is 9.99. The number of nitrogens with one attached hydrogen (secondary N) is 2. The summed E-state index contributed by atoms with van der Waals surface area (Å²) in [5.41, 5.74) is 12.5. The van der Waals surface area contributed by atoms with Gasteiger partial charge in [0.15, 0.2) is 5.82 Å². The lowest BCUT2D eigenvalue weighted by molar-refractivity contribution is -0.0330. The molecule has 0 radical (unpaired) electrons. The first kappa shape index (κ1) is 12.5. The van der Waals surface area contributed by atoms with Gasteiger partial charge in [-0.25, -0.2) is 15.4 Å². The van der Waals surface area contributed by atoms with Gasteiger partial charge in [-0.05, 0) is 0 Å². The van der Waals surface area contributed by atoms with E-state index in [1.807, 2.05) is 0 Å². The molecule has 1 aromatic heterocycles. The number of fused-ring (bicyclic) bond motifs is 1. The summed E-state index contributed by atoms with van der Waals surface area (Å²) in [4.78, 5) is 7.95. The minimum atomic E-state index is -1.14. The minimum absolute atomic E-state index is 0.284. The molecule has 3 rings (SSSR count). The van der Waals surface area contributed by atoms with Gasteiger partial charge in [0.2, 0.25) is 0 Å².